The van der Waals surface area contributed by atoms with Gasteiger partial charge in [0.2, 0.25) is 15.9 Å². The molecule has 0 amide bonds. The molecule has 0 aliphatic heterocycles. The van der Waals surface area contributed by atoms with E-state index in [1.165, 1.54) is 12.4 Å². The van der Waals surface area contributed by atoms with Crippen LogP contribution in [0.5, 0.6) is 0 Å². The van der Waals surface area contributed by atoms with E-state index in [0.717, 1.165) is 0 Å². The monoisotopic (exact) mass is 299 g/mol. The van der Waals surface area contributed by atoms with E-state index < -0.39 is 10.0 Å². The molecule has 0 aromatic carbocycles. The van der Waals surface area contributed by atoms with Crippen molar-refractivity contribution in [2.45, 2.75) is 24.9 Å². The number of hydrogen-bond donors (Lipinski definition) is 2. The fourth-order valence-electron chi connectivity index (χ4n) is 1.56. The summed E-state index contributed by atoms with van der Waals surface area (Å²) in [5, 5.41) is 6.96. The highest BCUT2D eigenvalue weighted by atomic mass is 32.2. The van der Waals surface area contributed by atoms with Crippen molar-refractivity contribution in [1.29, 1.82) is 0 Å². The Hall–Kier alpha value is -1.71. The van der Waals surface area contributed by atoms with E-state index in [1.54, 1.807) is 17.8 Å². The zero-order chi connectivity index (χ0) is 14.6. The smallest absolute Gasteiger partial charge is 0.244 e. The van der Waals surface area contributed by atoms with Gasteiger partial charge in [-0.05, 0) is 14.0 Å². The van der Waals surface area contributed by atoms with Crippen LogP contribution in [0.25, 0.3) is 0 Å². The van der Waals surface area contributed by atoms with E-state index in [4.69, 9.17) is 4.42 Å². The largest absolute Gasteiger partial charge is 0.445 e. The molecule has 0 bridgehead atoms. The zero-order valence-electron chi connectivity index (χ0n) is 11.3. The molecule has 0 saturated heterocycles. The minimum atomic E-state index is -3.61. The Bertz CT molecular complexity index is 661. The quantitative estimate of drug-likeness (QED) is 0.739. The van der Waals surface area contributed by atoms with E-state index in [-0.39, 0.29) is 11.4 Å². The van der Waals surface area contributed by atoms with Crippen LogP contribution >= 0.6 is 0 Å². The average molecular weight is 299 g/mol. The molecule has 0 saturated carbocycles. The summed E-state index contributed by atoms with van der Waals surface area (Å²) < 4.78 is 33.3. The molecular formula is C11H17N5O3S. The molecule has 2 rings (SSSR count). The average Bonchev–Trinajstić information content (AvgIpc) is 3.03. The Labute approximate surface area is 117 Å². The second kappa shape index (κ2) is 6.16. The first-order valence-electron chi connectivity index (χ1n) is 6.09. The maximum absolute atomic E-state index is 12.0. The minimum absolute atomic E-state index is 0.0118. The summed E-state index contributed by atoms with van der Waals surface area (Å²) in [6, 6.07) is 0. The predicted octanol–water partition coefficient (Wildman–Crippen LogP) is -0.123. The van der Waals surface area contributed by atoms with Crippen LogP contribution in [-0.4, -0.2) is 36.8 Å². The molecule has 0 aliphatic carbocycles. The number of nitrogens with zero attached hydrogens (tertiary/aromatic N) is 3. The Morgan fingerprint density at radius 2 is 2.20 bits per heavy atom. The second-order valence-corrected chi connectivity index (χ2v) is 6.00. The maximum atomic E-state index is 12.0. The van der Waals surface area contributed by atoms with Crippen molar-refractivity contribution in [3.8, 4) is 0 Å². The molecule has 0 unspecified atom stereocenters. The van der Waals surface area contributed by atoms with E-state index in [1.807, 2.05) is 7.05 Å². The summed E-state index contributed by atoms with van der Waals surface area (Å²) in [6.07, 6.45) is 4.35. The van der Waals surface area contributed by atoms with Crippen LogP contribution in [0.2, 0.25) is 0 Å². The van der Waals surface area contributed by atoms with Crippen molar-refractivity contribution in [1.82, 2.24) is 24.8 Å². The summed E-state index contributed by atoms with van der Waals surface area (Å²) >= 11 is 0. The summed E-state index contributed by atoms with van der Waals surface area (Å²) in [4.78, 5) is 4.06. The molecule has 2 heterocycles. The van der Waals surface area contributed by atoms with Crippen LogP contribution in [0.1, 0.15) is 11.7 Å². The van der Waals surface area contributed by atoms with Gasteiger partial charge in [0.15, 0.2) is 0 Å². The zero-order valence-corrected chi connectivity index (χ0v) is 12.1. The molecule has 0 radical (unpaired) electrons. The van der Waals surface area contributed by atoms with Crippen LogP contribution in [-0.2, 0) is 23.1 Å². The van der Waals surface area contributed by atoms with Gasteiger partial charge in [-0.2, -0.15) is 5.10 Å². The first-order valence-corrected chi connectivity index (χ1v) is 7.57. The van der Waals surface area contributed by atoms with Crippen molar-refractivity contribution in [2.75, 3.05) is 13.6 Å². The summed E-state index contributed by atoms with van der Waals surface area (Å²) in [6.45, 7) is 3.07. The van der Waals surface area contributed by atoms with Crippen LogP contribution in [0.15, 0.2) is 27.9 Å². The fourth-order valence-corrected chi connectivity index (χ4v) is 2.48. The first-order chi connectivity index (χ1) is 9.51. The second-order valence-electron chi connectivity index (χ2n) is 4.23. The number of nitrogens with one attached hydrogen (secondary N) is 2. The number of sulfonamides is 1. The van der Waals surface area contributed by atoms with Gasteiger partial charge in [-0.3, -0.25) is 4.68 Å². The van der Waals surface area contributed by atoms with Gasteiger partial charge in [0, 0.05) is 12.7 Å². The van der Waals surface area contributed by atoms with Crippen molar-refractivity contribution < 1.29 is 12.8 Å². The molecule has 20 heavy (non-hydrogen) atoms. The van der Waals surface area contributed by atoms with E-state index in [2.05, 4.69) is 20.1 Å². The lowest BCUT2D eigenvalue weighted by atomic mass is 10.6. The highest BCUT2D eigenvalue weighted by Gasteiger charge is 2.17. The van der Waals surface area contributed by atoms with Gasteiger partial charge in [-0.25, -0.2) is 18.1 Å². The number of aryl methyl sites for hydroxylation is 1. The van der Waals surface area contributed by atoms with Crippen molar-refractivity contribution in [3.63, 3.8) is 0 Å². The maximum Gasteiger partial charge on any atom is 0.244 e. The number of hydrogen-bond acceptors (Lipinski definition) is 6. The lowest BCUT2D eigenvalue weighted by molar-refractivity contribution is 0.463. The Kier molecular flexibility index (Phi) is 4.53. The third-order valence-corrected chi connectivity index (χ3v) is 3.95. The van der Waals surface area contributed by atoms with Gasteiger partial charge in [-0.1, -0.05) is 0 Å². The molecule has 8 nitrogen and oxygen atoms in total. The van der Waals surface area contributed by atoms with Gasteiger partial charge in [-0.15, -0.1) is 0 Å². The molecule has 0 aliphatic rings. The molecule has 0 atom stereocenters. The summed E-state index contributed by atoms with van der Waals surface area (Å²) in [7, 11) is -1.79. The van der Waals surface area contributed by atoms with Gasteiger partial charge in [0.1, 0.15) is 10.7 Å². The molecule has 2 N–H and O–H groups in total. The van der Waals surface area contributed by atoms with E-state index >= 15 is 0 Å². The SMILES string of the molecule is CNCCn1cc(S(=O)(=O)NCc2ncc(C)o2)cn1. The Morgan fingerprint density at radius 3 is 2.85 bits per heavy atom. The summed E-state index contributed by atoms with van der Waals surface area (Å²) in [5.74, 6) is 0.965. The van der Waals surface area contributed by atoms with Gasteiger partial charge < -0.3 is 9.73 Å². The molecule has 2 aromatic heterocycles. The third kappa shape index (κ3) is 3.65. The molecule has 0 fully saturated rings. The Balaban J connectivity index is 2.00. The molecule has 2 aromatic rings. The first kappa shape index (κ1) is 14.7. The van der Waals surface area contributed by atoms with Gasteiger partial charge in [0.05, 0.1) is 25.5 Å². The van der Waals surface area contributed by atoms with Crippen LogP contribution in [0.4, 0.5) is 0 Å². The van der Waals surface area contributed by atoms with Crippen LogP contribution in [0.3, 0.4) is 0 Å². The third-order valence-electron chi connectivity index (χ3n) is 2.59. The summed E-state index contributed by atoms with van der Waals surface area (Å²) in [5.41, 5.74) is 0. The van der Waals surface area contributed by atoms with E-state index in [0.29, 0.717) is 24.7 Å². The number of oxazole rings is 1. The van der Waals surface area contributed by atoms with Crippen molar-refractivity contribution in [2.24, 2.45) is 0 Å². The minimum Gasteiger partial charge on any atom is -0.445 e. The predicted molar refractivity (Wildman–Crippen MR) is 71.4 cm³/mol. The normalized spacial score (nSPS) is 11.9. The lowest BCUT2D eigenvalue weighted by Crippen LogP contribution is -2.23. The van der Waals surface area contributed by atoms with Crippen molar-refractivity contribution in [3.05, 3.63) is 30.2 Å². The topological polar surface area (TPSA) is 102 Å². The van der Waals surface area contributed by atoms with Crippen LogP contribution < -0.4 is 10.0 Å². The fraction of sp³-hybridized carbons (Fsp3) is 0.455. The van der Waals surface area contributed by atoms with Crippen LogP contribution in [0, 0.1) is 6.92 Å². The number of rotatable bonds is 7. The van der Waals surface area contributed by atoms with Crippen molar-refractivity contribution >= 4 is 10.0 Å². The lowest BCUT2D eigenvalue weighted by Gasteiger charge is -2.02. The molecule has 0 spiro atoms. The van der Waals surface area contributed by atoms with E-state index in [9.17, 15) is 8.42 Å². The number of aromatic nitrogens is 3. The molecular weight excluding hydrogens is 282 g/mol. The highest BCUT2D eigenvalue weighted by Crippen LogP contribution is 2.08. The highest BCUT2D eigenvalue weighted by molar-refractivity contribution is 7.89. The number of likely N-dealkylation sites (N-methyl/N-ethyl adjacent to an activating group) is 1. The standard InChI is InChI=1S/C11H17N5O3S/c1-9-5-13-11(19-9)7-15-20(17,18)10-6-14-16(8-10)4-3-12-2/h5-6,8,12,15H,3-4,7H2,1-2H3. The molecule has 9 heteroatoms. The Morgan fingerprint density at radius 1 is 1.40 bits per heavy atom. The van der Waals surface area contributed by atoms with Gasteiger partial charge >= 0.3 is 0 Å². The van der Waals surface area contributed by atoms with Gasteiger partial charge in [0.25, 0.3) is 0 Å². The molecule has 110 valence electrons.